The minimum Gasteiger partial charge on any atom is -0.497 e. The van der Waals surface area contributed by atoms with Gasteiger partial charge in [-0.05, 0) is 36.4 Å². The number of nitrogens with one attached hydrogen (secondary N) is 1. The first-order valence-corrected chi connectivity index (χ1v) is 9.13. The summed E-state index contributed by atoms with van der Waals surface area (Å²) in [5.41, 5.74) is 1.15. The van der Waals surface area contributed by atoms with Crippen molar-refractivity contribution in [1.29, 1.82) is 0 Å². The zero-order chi connectivity index (χ0) is 18.0. The topological polar surface area (TPSA) is 92.8 Å². The van der Waals surface area contributed by atoms with Crippen molar-refractivity contribution in [3.05, 3.63) is 54.1 Å². The molecule has 1 fully saturated rings. The number of carbonyl (C=O) groups is 2. The standard InChI is InChI=1S/C17H16N2O5S/c1-24-15-4-2-3-13(11-15)18-17(21)12-5-7-14(8-6-12)19-16(20)9-10-25(19,22)23/h2-8,11H,9-10H2,1H3,(H,18,21). The lowest BCUT2D eigenvalue weighted by molar-refractivity contribution is -0.116. The van der Waals surface area contributed by atoms with Crippen molar-refractivity contribution in [3.63, 3.8) is 0 Å². The number of hydrogen-bond donors (Lipinski definition) is 1. The molecule has 8 heteroatoms. The number of sulfonamides is 1. The van der Waals surface area contributed by atoms with Crippen molar-refractivity contribution in [2.24, 2.45) is 0 Å². The van der Waals surface area contributed by atoms with Crippen LogP contribution in [0.1, 0.15) is 16.8 Å². The highest BCUT2D eigenvalue weighted by Gasteiger charge is 2.36. The number of ether oxygens (including phenoxy) is 1. The summed E-state index contributed by atoms with van der Waals surface area (Å²) in [4.78, 5) is 24.1. The second-order valence-corrected chi connectivity index (χ2v) is 7.39. The Labute approximate surface area is 145 Å². The molecule has 2 aromatic rings. The Morgan fingerprint density at radius 2 is 1.88 bits per heavy atom. The fourth-order valence-electron chi connectivity index (χ4n) is 2.52. The summed E-state index contributed by atoms with van der Waals surface area (Å²) in [7, 11) is -2.07. The van der Waals surface area contributed by atoms with Crippen LogP contribution in [0.4, 0.5) is 11.4 Å². The molecular weight excluding hydrogens is 344 g/mol. The fourth-order valence-corrected chi connectivity index (χ4v) is 3.98. The molecule has 1 aliphatic heterocycles. The van der Waals surface area contributed by atoms with E-state index in [1.165, 1.54) is 31.4 Å². The molecule has 0 saturated carbocycles. The second-order valence-electron chi connectivity index (χ2n) is 5.46. The van der Waals surface area contributed by atoms with Crippen molar-refractivity contribution in [2.75, 3.05) is 22.5 Å². The molecule has 0 bridgehead atoms. The molecule has 0 aliphatic carbocycles. The van der Waals surface area contributed by atoms with E-state index in [1.807, 2.05) is 0 Å². The number of carbonyl (C=O) groups excluding carboxylic acids is 2. The quantitative estimate of drug-likeness (QED) is 0.900. The van der Waals surface area contributed by atoms with Gasteiger partial charge in [0.15, 0.2) is 0 Å². The summed E-state index contributed by atoms with van der Waals surface area (Å²) >= 11 is 0. The lowest BCUT2D eigenvalue weighted by atomic mass is 10.2. The van der Waals surface area contributed by atoms with E-state index >= 15 is 0 Å². The monoisotopic (exact) mass is 360 g/mol. The molecule has 0 atom stereocenters. The number of anilines is 2. The molecule has 1 heterocycles. The minimum absolute atomic E-state index is 0.0274. The smallest absolute Gasteiger partial charge is 0.255 e. The van der Waals surface area contributed by atoms with Crippen LogP contribution in [-0.2, 0) is 14.8 Å². The maximum absolute atomic E-state index is 12.3. The van der Waals surface area contributed by atoms with Crippen LogP contribution in [-0.4, -0.2) is 33.1 Å². The zero-order valence-electron chi connectivity index (χ0n) is 13.4. The van der Waals surface area contributed by atoms with Crippen LogP contribution < -0.4 is 14.4 Å². The predicted octanol–water partition coefficient (Wildman–Crippen LogP) is 2.01. The molecule has 1 saturated heterocycles. The summed E-state index contributed by atoms with van der Waals surface area (Å²) in [5.74, 6) is -0.390. The van der Waals surface area contributed by atoms with Gasteiger partial charge in [-0.2, -0.15) is 0 Å². The maximum atomic E-state index is 12.3. The molecule has 3 rings (SSSR count). The molecule has 0 unspecified atom stereocenters. The first kappa shape index (κ1) is 17.0. The van der Waals surface area contributed by atoms with Crippen molar-refractivity contribution < 1.29 is 22.7 Å². The van der Waals surface area contributed by atoms with Crippen molar-refractivity contribution in [3.8, 4) is 5.75 Å². The highest BCUT2D eigenvalue weighted by Crippen LogP contribution is 2.25. The van der Waals surface area contributed by atoms with Gasteiger partial charge in [0.25, 0.3) is 5.91 Å². The Balaban J connectivity index is 1.78. The number of benzene rings is 2. The number of hydrogen-bond acceptors (Lipinski definition) is 5. The fraction of sp³-hybridized carbons (Fsp3) is 0.176. The third-order valence-electron chi connectivity index (χ3n) is 3.77. The van der Waals surface area contributed by atoms with Gasteiger partial charge in [-0.3, -0.25) is 9.59 Å². The van der Waals surface area contributed by atoms with Gasteiger partial charge in [-0.15, -0.1) is 0 Å². The van der Waals surface area contributed by atoms with Gasteiger partial charge in [0, 0.05) is 23.7 Å². The van der Waals surface area contributed by atoms with Gasteiger partial charge in [-0.1, -0.05) is 6.07 Å². The molecule has 1 aliphatic rings. The molecule has 2 aromatic carbocycles. The van der Waals surface area contributed by atoms with Gasteiger partial charge in [0.1, 0.15) is 5.75 Å². The van der Waals surface area contributed by atoms with Crippen LogP contribution in [0, 0.1) is 0 Å². The second kappa shape index (κ2) is 6.56. The van der Waals surface area contributed by atoms with Gasteiger partial charge in [-0.25, -0.2) is 12.7 Å². The van der Waals surface area contributed by atoms with E-state index in [1.54, 1.807) is 24.3 Å². The normalized spacial score (nSPS) is 15.9. The number of methoxy groups -OCH3 is 1. The summed E-state index contributed by atoms with van der Waals surface area (Å²) < 4.78 is 29.7. The van der Waals surface area contributed by atoms with Gasteiger partial charge in [0.05, 0.1) is 18.6 Å². The highest BCUT2D eigenvalue weighted by atomic mass is 32.2. The third kappa shape index (κ3) is 3.48. The van der Waals surface area contributed by atoms with Crippen molar-refractivity contribution in [2.45, 2.75) is 6.42 Å². The average molecular weight is 360 g/mol. The Morgan fingerprint density at radius 1 is 1.16 bits per heavy atom. The Hall–Kier alpha value is -2.87. The predicted molar refractivity (Wildman–Crippen MR) is 93.3 cm³/mol. The van der Waals surface area contributed by atoms with E-state index in [2.05, 4.69) is 5.32 Å². The maximum Gasteiger partial charge on any atom is 0.255 e. The van der Waals surface area contributed by atoms with E-state index in [4.69, 9.17) is 4.74 Å². The van der Waals surface area contributed by atoms with Crippen LogP contribution in [0.25, 0.3) is 0 Å². The zero-order valence-corrected chi connectivity index (χ0v) is 14.2. The Kier molecular flexibility index (Phi) is 4.45. The molecule has 25 heavy (non-hydrogen) atoms. The van der Waals surface area contributed by atoms with E-state index in [9.17, 15) is 18.0 Å². The van der Waals surface area contributed by atoms with Gasteiger partial charge >= 0.3 is 0 Å². The average Bonchev–Trinajstić information content (AvgIpc) is 2.88. The largest absolute Gasteiger partial charge is 0.497 e. The van der Waals surface area contributed by atoms with E-state index in [0.29, 0.717) is 17.0 Å². The Morgan fingerprint density at radius 3 is 2.48 bits per heavy atom. The van der Waals surface area contributed by atoms with Crippen molar-refractivity contribution in [1.82, 2.24) is 0 Å². The Bertz CT molecular complexity index is 922. The lowest BCUT2D eigenvalue weighted by Gasteiger charge is -2.15. The van der Waals surface area contributed by atoms with Crippen LogP contribution in [0.3, 0.4) is 0 Å². The molecule has 0 aromatic heterocycles. The SMILES string of the molecule is COc1cccc(NC(=O)c2ccc(N3C(=O)CCS3(=O)=O)cc2)c1. The molecular formula is C17H16N2O5S. The molecule has 7 nitrogen and oxygen atoms in total. The van der Waals surface area contributed by atoms with Crippen LogP contribution >= 0.6 is 0 Å². The first-order valence-electron chi connectivity index (χ1n) is 7.52. The van der Waals surface area contributed by atoms with E-state index < -0.39 is 15.9 Å². The number of rotatable bonds is 4. The molecule has 2 amide bonds. The van der Waals surface area contributed by atoms with Gasteiger partial charge < -0.3 is 10.1 Å². The van der Waals surface area contributed by atoms with Crippen molar-refractivity contribution >= 4 is 33.2 Å². The highest BCUT2D eigenvalue weighted by molar-refractivity contribution is 7.94. The number of nitrogens with zero attached hydrogens (tertiary/aromatic N) is 1. The van der Waals surface area contributed by atoms with Crippen LogP contribution in [0.2, 0.25) is 0 Å². The molecule has 0 spiro atoms. The summed E-state index contributed by atoms with van der Waals surface area (Å²) in [6.45, 7) is 0. The van der Waals surface area contributed by atoms with E-state index in [-0.39, 0.29) is 23.8 Å². The minimum atomic E-state index is -3.61. The molecule has 130 valence electrons. The first-order chi connectivity index (χ1) is 11.9. The molecule has 0 radical (unpaired) electrons. The van der Waals surface area contributed by atoms with Crippen LogP contribution in [0.5, 0.6) is 5.75 Å². The lowest BCUT2D eigenvalue weighted by Crippen LogP contribution is -2.29. The summed E-state index contributed by atoms with van der Waals surface area (Å²) in [6.07, 6.45) is -0.0274. The van der Waals surface area contributed by atoms with E-state index in [0.717, 1.165) is 4.31 Å². The molecule has 1 N–H and O–H groups in total. The number of amides is 2. The van der Waals surface area contributed by atoms with Gasteiger partial charge in [0.2, 0.25) is 15.9 Å². The third-order valence-corrected chi connectivity index (χ3v) is 5.46. The van der Waals surface area contributed by atoms with Crippen LogP contribution in [0.15, 0.2) is 48.5 Å². The summed E-state index contributed by atoms with van der Waals surface area (Å²) in [5, 5.41) is 2.73. The summed E-state index contributed by atoms with van der Waals surface area (Å²) in [6, 6.07) is 12.8.